The van der Waals surface area contributed by atoms with E-state index in [1.54, 1.807) is 29.9 Å². The SMILES string of the molecule is Cn1cc(Cc2ccc(F)cc2)nc1-c1nc2n(c(=O)c1O)CCOC2(C)C. The molecule has 146 valence electrons. The van der Waals surface area contributed by atoms with E-state index >= 15 is 0 Å². The number of ether oxygens (including phenoxy) is 1. The van der Waals surface area contributed by atoms with Gasteiger partial charge in [-0.1, -0.05) is 12.1 Å². The van der Waals surface area contributed by atoms with E-state index in [2.05, 4.69) is 9.97 Å². The largest absolute Gasteiger partial charge is 0.501 e. The molecule has 0 unspecified atom stereocenters. The van der Waals surface area contributed by atoms with Crippen LogP contribution in [0.1, 0.15) is 30.9 Å². The molecule has 0 spiro atoms. The highest BCUT2D eigenvalue weighted by atomic mass is 19.1. The van der Waals surface area contributed by atoms with Gasteiger partial charge in [-0.05, 0) is 31.5 Å². The maximum atomic E-state index is 13.1. The highest BCUT2D eigenvalue weighted by Gasteiger charge is 2.34. The number of benzene rings is 1. The van der Waals surface area contributed by atoms with Gasteiger partial charge in [0.1, 0.15) is 17.2 Å². The average Bonchev–Trinajstić information content (AvgIpc) is 3.00. The highest BCUT2D eigenvalue weighted by molar-refractivity contribution is 5.59. The molecule has 0 saturated carbocycles. The Balaban J connectivity index is 1.77. The first-order chi connectivity index (χ1) is 13.3. The summed E-state index contributed by atoms with van der Waals surface area (Å²) >= 11 is 0. The van der Waals surface area contributed by atoms with Crippen molar-refractivity contribution in [1.29, 1.82) is 0 Å². The fourth-order valence-corrected chi connectivity index (χ4v) is 3.47. The molecule has 0 bridgehead atoms. The van der Waals surface area contributed by atoms with Crippen molar-refractivity contribution in [3.63, 3.8) is 0 Å². The molecule has 0 radical (unpaired) electrons. The van der Waals surface area contributed by atoms with Crippen molar-refractivity contribution in [1.82, 2.24) is 19.1 Å². The van der Waals surface area contributed by atoms with Crippen LogP contribution in [0.5, 0.6) is 5.75 Å². The summed E-state index contributed by atoms with van der Waals surface area (Å²) in [5.41, 5.74) is 0.506. The lowest BCUT2D eigenvalue weighted by molar-refractivity contribution is -0.0564. The highest BCUT2D eigenvalue weighted by Crippen LogP contribution is 2.31. The van der Waals surface area contributed by atoms with Gasteiger partial charge in [0.25, 0.3) is 5.56 Å². The fraction of sp³-hybridized carbons (Fsp3) is 0.350. The minimum atomic E-state index is -0.748. The molecule has 8 heteroatoms. The van der Waals surface area contributed by atoms with Crippen LogP contribution in [-0.4, -0.2) is 30.8 Å². The van der Waals surface area contributed by atoms with Crippen LogP contribution in [-0.2, 0) is 30.4 Å². The molecule has 3 heterocycles. The summed E-state index contributed by atoms with van der Waals surface area (Å²) in [5.74, 6) is 0.124. The van der Waals surface area contributed by atoms with Crippen LogP contribution >= 0.6 is 0 Å². The van der Waals surface area contributed by atoms with Crippen molar-refractivity contribution in [2.75, 3.05) is 6.61 Å². The van der Waals surface area contributed by atoms with Gasteiger partial charge in [0.05, 0.1) is 18.8 Å². The van der Waals surface area contributed by atoms with Crippen LogP contribution in [0.3, 0.4) is 0 Å². The van der Waals surface area contributed by atoms with Crippen molar-refractivity contribution in [2.24, 2.45) is 7.05 Å². The molecule has 3 aromatic rings. The number of fused-ring (bicyclic) bond motifs is 1. The topological polar surface area (TPSA) is 82.2 Å². The van der Waals surface area contributed by atoms with Crippen LogP contribution in [0.25, 0.3) is 11.5 Å². The van der Waals surface area contributed by atoms with Crippen LogP contribution in [0.15, 0.2) is 35.3 Å². The van der Waals surface area contributed by atoms with E-state index in [1.807, 2.05) is 13.8 Å². The number of halogens is 1. The van der Waals surface area contributed by atoms with E-state index in [-0.39, 0.29) is 11.5 Å². The molecule has 0 amide bonds. The number of aryl methyl sites for hydroxylation is 1. The lowest BCUT2D eigenvalue weighted by Gasteiger charge is -2.32. The van der Waals surface area contributed by atoms with Crippen LogP contribution in [0.2, 0.25) is 0 Å². The zero-order valence-electron chi connectivity index (χ0n) is 15.9. The predicted octanol–water partition coefficient (Wildman–Crippen LogP) is 2.34. The second-order valence-corrected chi connectivity index (χ2v) is 7.42. The maximum absolute atomic E-state index is 13.1. The van der Waals surface area contributed by atoms with Gasteiger partial charge < -0.3 is 14.4 Å². The molecule has 1 N–H and O–H groups in total. The second-order valence-electron chi connectivity index (χ2n) is 7.42. The third kappa shape index (κ3) is 3.09. The number of imidazole rings is 1. The van der Waals surface area contributed by atoms with Gasteiger partial charge in [0.2, 0.25) is 5.75 Å². The summed E-state index contributed by atoms with van der Waals surface area (Å²) in [6.07, 6.45) is 2.30. The van der Waals surface area contributed by atoms with E-state index in [1.165, 1.54) is 16.7 Å². The molecule has 1 aliphatic rings. The summed E-state index contributed by atoms with van der Waals surface area (Å²) in [7, 11) is 1.77. The first kappa shape index (κ1) is 18.4. The monoisotopic (exact) mass is 384 g/mol. The van der Waals surface area contributed by atoms with Crippen molar-refractivity contribution in [3.05, 3.63) is 63.7 Å². The molecule has 1 aromatic carbocycles. The number of aromatic hydroxyl groups is 1. The summed E-state index contributed by atoms with van der Waals surface area (Å²) in [6, 6.07) is 6.20. The number of hydrogen-bond donors (Lipinski definition) is 1. The van der Waals surface area contributed by atoms with Gasteiger partial charge in [-0.25, -0.2) is 14.4 Å². The lowest BCUT2D eigenvalue weighted by atomic mass is 10.1. The minimum absolute atomic E-state index is 0.127. The Labute approximate surface area is 161 Å². The molecular formula is C20H21FN4O3. The normalized spacial score (nSPS) is 15.4. The molecule has 0 aliphatic carbocycles. The molecule has 4 rings (SSSR count). The lowest BCUT2D eigenvalue weighted by Crippen LogP contribution is -2.41. The van der Waals surface area contributed by atoms with Gasteiger partial charge in [-0.2, -0.15) is 0 Å². The molecule has 1 aliphatic heterocycles. The van der Waals surface area contributed by atoms with E-state index in [0.29, 0.717) is 31.2 Å². The van der Waals surface area contributed by atoms with Gasteiger partial charge in [0, 0.05) is 19.7 Å². The number of nitrogens with zero attached hydrogens (tertiary/aromatic N) is 4. The van der Waals surface area contributed by atoms with E-state index in [4.69, 9.17) is 4.74 Å². The zero-order valence-corrected chi connectivity index (χ0v) is 15.9. The van der Waals surface area contributed by atoms with Crippen molar-refractivity contribution >= 4 is 0 Å². The minimum Gasteiger partial charge on any atom is -0.501 e. The van der Waals surface area contributed by atoms with Gasteiger partial charge >= 0.3 is 0 Å². The smallest absolute Gasteiger partial charge is 0.296 e. The zero-order chi connectivity index (χ0) is 20.1. The third-order valence-electron chi connectivity index (χ3n) is 4.90. The second kappa shape index (κ2) is 6.56. The molecule has 0 fully saturated rings. The Morgan fingerprint density at radius 3 is 2.68 bits per heavy atom. The van der Waals surface area contributed by atoms with E-state index in [0.717, 1.165) is 11.3 Å². The first-order valence-corrected chi connectivity index (χ1v) is 9.01. The maximum Gasteiger partial charge on any atom is 0.296 e. The Hall–Kier alpha value is -3.00. The molecule has 0 saturated heterocycles. The van der Waals surface area contributed by atoms with Gasteiger partial charge in [0.15, 0.2) is 11.5 Å². The Kier molecular flexibility index (Phi) is 4.30. The van der Waals surface area contributed by atoms with Crippen LogP contribution < -0.4 is 5.56 Å². The number of aromatic nitrogens is 4. The molecule has 2 aromatic heterocycles. The number of hydrogen-bond acceptors (Lipinski definition) is 5. The van der Waals surface area contributed by atoms with Gasteiger partial charge in [-0.3, -0.25) is 9.36 Å². The number of rotatable bonds is 3. The van der Waals surface area contributed by atoms with Crippen molar-refractivity contribution < 1.29 is 14.2 Å². The Morgan fingerprint density at radius 1 is 1.25 bits per heavy atom. The van der Waals surface area contributed by atoms with Crippen molar-refractivity contribution in [3.8, 4) is 17.3 Å². The quantitative estimate of drug-likeness (QED) is 0.750. The summed E-state index contributed by atoms with van der Waals surface area (Å²) in [5, 5.41) is 10.5. The average molecular weight is 384 g/mol. The Morgan fingerprint density at radius 2 is 1.96 bits per heavy atom. The molecule has 0 atom stereocenters. The summed E-state index contributed by atoms with van der Waals surface area (Å²) in [6.45, 7) is 4.40. The predicted molar refractivity (Wildman–Crippen MR) is 101 cm³/mol. The Bertz CT molecular complexity index is 1100. The standard InChI is InChI=1S/C20H21FN4O3/c1-20(2)19-23-15(16(26)18(27)25(19)8-9-28-20)17-22-14(11-24(17)3)10-12-4-6-13(21)7-5-12/h4-7,11,26H,8-10H2,1-3H3. The van der Waals surface area contributed by atoms with E-state index < -0.39 is 16.9 Å². The summed E-state index contributed by atoms with van der Waals surface area (Å²) in [4.78, 5) is 21.8. The van der Waals surface area contributed by atoms with Crippen molar-refractivity contribution in [2.45, 2.75) is 32.4 Å². The molecular weight excluding hydrogens is 363 g/mol. The molecule has 7 nitrogen and oxygen atoms in total. The third-order valence-corrected chi connectivity index (χ3v) is 4.90. The van der Waals surface area contributed by atoms with Crippen LogP contribution in [0.4, 0.5) is 4.39 Å². The first-order valence-electron chi connectivity index (χ1n) is 9.01. The summed E-state index contributed by atoms with van der Waals surface area (Å²) < 4.78 is 22.0. The van der Waals surface area contributed by atoms with Gasteiger partial charge in [-0.15, -0.1) is 0 Å². The molecule has 28 heavy (non-hydrogen) atoms. The van der Waals surface area contributed by atoms with Crippen LogP contribution in [0, 0.1) is 5.82 Å². The fourth-order valence-electron chi connectivity index (χ4n) is 3.47. The van der Waals surface area contributed by atoms with E-state index in [9.17, 15) is 14.3 Å².